The fourth-order valence-electron chi connectivity index (χ4n) is 4.48. The van der Waals surface area contributed by atoms with Gasteiger partial charge in [0.15, 0.2) is 0 Å². The molecule has 5 nitrogen and oxygen atoms in total. The van der Waals surface area contributed by atoms with Crippen molar-refractivity contribution in [2.45, 2.75) is 53.5 Å². The van der Waals surface area contributed by atoms with Crippen LogP contribution in [0, 0.1) is 16.7 Å². The molecule has 180 valence electrons. The number of allylic oxidation sites excluding steroid dienone is 9. The van der Waals surface area contributed by atoms with E-state index < -0.39 is 0 Å². The van der Waals surface area contributed by atoms with Crippen LogP contribution < -0.4 is 5.32 Å². The van der Waals surface area contributed by atoms with E-state index >= 15 is 0 Å². The van der Waals surface area contributed by atoms with Crippen LogP contribution in [0.15, 0.2) is 102 Å². The monoisotopic (exact) mass is 466 g/mol. The Bertz CT molecular complexity index is 1250. The highest BCUT2D eigenvalue weighted by atomic mass is 16.1. The Labute approximate surface area is 208 Å². The fraction of sp³-hybridized carbons (Fsp3) is 0.300. The lowest BCUT2D eigenvalue weighted by Gasteiger charge is -2.37. The highest BCUT2D eigenvalue weighted by Crippen LogP contribution is 2.45. The van der Waals surface area contributed by atoms with Crippen LogP contribution in [0.2, 0.25) is 0 Å². The number of carbonyl (C=O) groups is 1. The van der Waals surface area contributed by atoms with E-state index in [2.05, 4.69) is 60.8 Å². The zero-order chi connectivity index (χ0) is 25.4. The van der Waals surface area contributed by atoms with Gasteiger partial charge in [-0.1, -0.05) is 61.9 Å². The van der Waals surface area contributed by atoms with Gasteiger partial charge in [-0.15, -0.1) is 0 Å². The van der Waals surface area contributed by atoms with E-state index in [-0.39, 0.29) is 11.3 Å². The van der Waals surface area contributed by atoms with Gasteiger partial charge in [0.25, 0.3) is 0 Å². The quantitative estimate of drug-likeness (QED) is 0.350. The number of anilines is 1. The van der Waals surface area contributed by atoms with Gasteiger partial charge in [0, 0.05) is 18.5 Å². The molecule has 0 radical (unpaired) electrons. The molecule has 1 aliphatic carbocycles. The lowest BCUT2D eigenvalue weighted by Crippen LogP contribution is -2.25. The minimum absolute atomic E-state index is 0.130. The van der Waals surface area contributed by atoms with Crippen molar-refractivity contribution in [1.82, 2.24) is 9.55 Å². The number of amides is 1. The van der Waals surface area contributed by atoms with E-state index in [4.69, 9.17) is 5.26 Å². The normalized spacial score (nSPS) is 18.8. The number of hydrogen-bond donors (Lipinski definition) is 1. The van der Waals surface area contributed by atoms with Crippen LogP contribution in [-0.2, 0) is 4.79 Å². The minimum Gasteiger partial charge on any atom is -0.330 e. The summed E-state index contributed by atoms with van der Waals surface area (Å²) in [7, 11) is 0. The van der Waals surface area contributed by atoms with E-state index in [9.17, 15) is 4.79 Å². The standard InChI is InChI=1S/C30H34N4O/c1-22(9-8-10-23(2)19-29(35)33-27-12-7-6-11-25(27)20-31)13-14-26-24(3)28(15-16-30(26,4)5)34-18-17-32-21-34/h6-14,17-19,21,28H,15-16H2,1-5H3,(H,33,35)/b10-8+,14-13+,22-9+,23-19+. The first kappa shape index (κ1) is 25.7. The number of imidazole rings is 1. The summed E-state index contributed by atoms with van der Waals surface area (Å²) in [5.74, 6) is -0.259. The SMILES string of the molecule is CC1=C(/C=C/C(C)=C/C=C/C(C)=C/C(=O)Nc2ccccc2C#N)C(C)(C)CCC1n1ccnc1. The molecule has 1 aromatic heterocycles. The Morgan fingerprint density at radius 1 is 1.23 bits per heavy atom. The van der Waals surface area contributed by atoms with Crippen LogP contribution in [-0.4, -0.2) is 15.5 Å². The maximum Gasteiger partial charge on any atom is 0.248 e. The van der Waals surface area contributed by atoms with Gasteiger partial charge in [-0.2, -0.15) is 5.26 Å². The average molecular weight is 467 g/mol. The summed E-state index contributed by atoms with van der Waals surface area (Å²) in [5, 5.41) is 11.9. The van der Waals surface area contributed by atoms with Crippen molar-refractivity contribution in [2.75, 3.05) is 5.32 Å². The van der Waals surface area contributed by atoms with Crippen molar-refractivity contribution in [2.24, 2.45) is 5.41 Å². The van der Waals surface area contributed by atoms with Crippen LogP contribution >= 0.6 is 0 Å². The predicted molar refractivity (Wildman–Crippen MR) is 143 cm³/mol. The second-order valence-corrected chi connectivity index (χ2v) is 9.68. The Balaban J connectivity index is 1.67. The van der Waals surface area contributed by atoms with Crippen molar-refractivity contribution in [1.29, 1.82) is 5.26 Å². The maximum absolute atomic E-state index is 12.3. The van der Waals surface area contributed by atoms with Gasteiger partial charge in [-0.05, 0) is 67.9 Å². The number of rotatable bonds is 7. The summed E-state index contributed by atoms with van der Waals surface area (Å²) in [6.45, 7) is 10.8. The van der Waals surface area contributed by atoms with Crippen molar-refractivity contribution in [3.05, 3.63) is 107 Å². The molecular weight excluding hydrogens is 432 g/mol. The van der Waals surface area contributed by atoms with Crippen molar-refractivity contribution < 1.29 is 4.79 Å². The average Bonchev–Trinajstić information content (AvgIpc) is 3.33. The first-order valence-corrected chi connectivity index (χ1v) is 11.9. The maximum atomic E-state index is 12.3. The summed E-state index contributed by atoms with van der Waals surface area (Å²) in [5.41, 5.74) is 5.80. The van der Waals surface area contributed by atoms with Crippen molar-refractivity contribution >= 4 is 11.6 Å². The van der Waals surface area contributed by atoms with Gasteiger partial charge in [0.1, 0.15) is 6.07 Å². The van der Waals surface area contributed by atoms with Gasteiger partial charge < -0.3 is 9.88 Å². The van der Waals surface area contributed by atoms with Gasteiger partial charge in [0.2, 0.25) is 5.91 Å². The number of nitriles is 1. The summed E-state index contributed by atoms with van der Waals surface area (Å²) in [6.07, 6.45) is 19.9. The molecule has 35 heavy (non-hydrogen) atoms. The van der Waals surface area contributed by atoms with Gasteiger partial charge in [-0.3, -0.25) is 4.79 Å². The second kappa shape index (κ2) is 11.5. The third-order valence-electron chi connectivity index (χ3n) is 6.48. The zero-order valence-corrected chi connectivity index (χ0v) is 21.2. The minimum atomic E-state index is -0.259. The molecule has 1 heterocycles. The fourth-order valence-corrected chi connectivity index (χ4v) is 4.48. The Morgan fingerprint density at radius 3 is 2.71 bits per heavy atom. The number of para-hydroxylation sites is 1. The van der Waals surface area contributed by atoms with Crippen molar-refractivity contribution in [3.63, 3.8) is 0 Å². The molecule has 0 spiro atoms. The molecule has 0 aliphatic heterocycles. The van der Waals surface area contributed by atoms with Crippen LogP contribution in [0.4, 0.5) is 5.69 Å². The molecule has 0 fully saturated rings. The lowest BCUT2D eigenvalue weighted by molar-refractivity contribution is -0.111. The molecule has 1 aliphatic rings. The molecule has 0 bridgehead atoms. The number of hydrogen-bond acceptors (Lipinski definition) is 3. The number of aromatic nitrogens is 2. The van der Waals surface area contributed by atoms with Crippen LogP contribution in [0.5, 0.6) is 0 Å². The molecule has 0 saturated carbocycles. The zero-order valence-electron chi connectivity index (χ0n) is 21.2. The Hall–Kier alpha value is -3.91. The predicted octanol–water partition coefficient (Wildman–Crippen LogP) is 7.08. The van der Waals surface area contributed by atoms with Gasteiger partial charge >= 0.3 is 0 Å². The molecule has 1 amide bonds. The third kappa shape index (κ3) is 6.80. The van der Waals surface area contributed by atoms with E-state index in [0.717, 1.165) is 24.0 Å². The van der Waals surface area contributed by atoms with Crippen LogP contribution in [0.3, 0.4) is 0 Å². The molecule has 1 aromatic carbocycles. The first-order valence-electron chi connectivity index (χ1n) is 11.9. The third-order valence-corrected chi connectivity index (χ3v) is 6.48. The van der Waals surface area contributed by atoms with E-state index in [1.54, 1.807) is 24.3 Å². The molecule has 1 N–H and O–H groups in total. The van der Waals surface area contributed by atoms with Crippen LogP contribution in [0.25, 0.3) is 0 Å². The molecule has 1 atom stereocenters. The van der Waals surface area contributed by atoms with Gasteiger partial charge in [0.05, 0.1) is 23.6 Å². The summed E-state index contributed by atoms with van der Waals surface area (Å²) in [6, 6.07) is 9.39. The number of nitrogens with zero attached hydrogens (tertiary/aromatic N) is 3. The highest BCUT2D eigenvalue weighted by Gasteiger charge is 2.32. The Kier molecular flexibility index (Phi) is 8.43. The molecule has 3 rings (SSSR count). The number of nitrogens with one attached hydrogen (secondary N) is 1. The lowest BCUT2D eigenvalue weighted by atomic mass is 9.71. The van der Waals surface area contributed by atoms with E-state index in [1.165, 1.54) is 17.2 Å². The summed E-state index contributed by atoms with van der Waals surface area (Å²) in [4.78, 5) is 16.5. The first-order chi connectivity index (χ1) is 16.7. The smallest absolute Gasteiger partial charge is 0.248 e. The van der Waals surface area contributed by atoms with Crippen molar-refractivity contribution in [3.8, 4) is 6.07 Å². The summed E-state index contributed by atoms with van der Waals surface area (Å²) >= 11 is 0. The van der Waals surface area contributed by atoms with E-state index in [0.29, 0.717) is 17.3 Å². The van der Waals surface area contributed by atoms with E-state index in [1.807, 2.05) is 43.9 Å². The van der Waals surface area contributed by atoms with Crippen LogP contribution in [0.1, 0.15) is 59.1 Å². The number of benzene rings is 1. The topological polar surface area (TPSA) is 70.7 Å². The molecule has 1 unspecified atom stereocenters. The molecule has 5 heteroatoms. The second-order valence-electron chi connectivity index (χ2n) is 9.68. The number of carbonyl (C=O) groups excluding carboxylic acids is 1. The molecule has 0 saturated heterocycles. The molecular formula is C30H34N4O. The summed E-state index contributed by atoms with van der Waals surface area (Å²) < 4.78 is 2.20. The molecule has 2 aromatic rings. The van der Waals surface area contributed by atoms with Gasteiger partial charge in [-0.25, -0.2) is 4.98 Å². The highest BCUT2D eigenvalue weighted by molar-refractivity contribution is 6.00. The largest absolute Gasteiger partial charge is 0.330 e. The Morgan fingerprint density at radius 2 is 2.00 bits per heavy atom.